The molecule has 182 valence electrons. The summed E-state index contributed by atoms with van der Waals surface area (Å²) in [6.07, 6.45) is 0.177. The van der Waals surface area contributed by atoms with E-state index >= 15 is 0 Å². The van der Waals surface area contributed by atoms with Crippen molar-refractivity contribution >= 4 is 29.7 Å². The van der Waals surface area contributed by atoms with E-state index in [1.165, 1.54) is 18.2 Å². The van der Waals surface area contributed by atoms with Crippen LogP contribution >= 0.6 is 11.8 Å². The summed E-state index contributed by atoms with van der Waals surface area (Å²) >= 11 is 1.10. The third-order valence-electron chi connectivity index (χ3n) is 5.57. The van der Waals surface area contributed by atoms with Gasteiger partial charge in [-0.2, -0.15) is 13.2 Å². The first-order valence-electron chi connectivity index (χ1n) is 11.4. The SMILES string of the molecule is CC(C)c1ccccc1Sc1ccc(C=CC(=O)NCCCN2CCCC2=O)cc1C(F)(F)F. The minimum absolute atomic E-state index is 0.124. The van der Waals surface area contributed by atoms with Crippen LogP contribution in [-0.2, 0) is 15.8 Å². The highest BCUT2D eigenvalue weighted by Crippen LogP contribution is 2.42. The van der Waals surface area contributed by atoms with Gasteiger partial charge in [0.15, 0.2) is 0 Å². The lowest BCUT2D eigenvalue weighted by atomic mass is 10.0. The maximum absolute atomic E-state index is 13.8. The van der Waals surface area contributed by atoms with Crippen LogP contribution in [0, 0.1) is 0 Å². The summed E-state index contributed by atoms with van der Waals surface area (Å²) in [6, 6.07) is 11.6. The van der Waals surface area contributed by atoms with Crippen molar-refractivity contribution in [2.75, 3.05) is 19.6 Å². The summed E-state index contributed by atoms with van der Waals surface area (Å²) in [5.41, 5.74) is 0.566. The number of nitrogens with zero attached hydrogens (tertiary/aromatic N) is 1. The lowest BCUT2D eigenvalue weighted by Crippen LogP contribution is -2.29. The van der Waals surface area contributed by atoms with Gasteiger partial charge in [0.1, 0.15) is 0 Å². The lowest BCUT2D eigenvalue weighted by Gasteiger charge is -2.16. The summed E-state index contributed by atoms with van der Waals surface area (Å²) in [6.45, 7) is 5.76. The lowest BCUT2D eigenvalue weighted by molar-refractivity contribution is -0.139. The zero-order valence-electron chi connectivity index (χ0n) is 19.3. The van der Waals surface area contributed by atoms with Crippen LogP contribution in [0.4, 0.5) is 13.2 Å². The number of alkyl halides is 3. The molecule has 2 aromatic carbocycles. The average Bonchev–Trinajstić information content (AvgIpc) is 3.20. The maximum Gasteiger partial charge on any atom is 0.417 e. The second-order valence-corrected chi connectivity index (χ2v) is 9.59. The fourth-order valence-electron chi connectivity index (χ4n) is 3.78. The van der Waals surface area contributed by atoms with E-state index in [0.29, 0.717) is 31.5 Å². The Morgan fingerprint density at radius 1 is 1.18 bits per heavy atom. The van der Waals surface area contributed by atoms with Crippen LogP contribution in [0.5, 0.6) is 0 Å². The van der Waals surface area contributed by atoms with E-state index in [1.807, 2.05) is 38.1 Å². The summed E-state index contributed by atoms with van der Waals surface area (Å²) in [5, 5.41) is 2.71. The Morgan fingerprint density at radius 2 is 1.94 bits per heavy atom. The Bertz CT molecular complexity index is 1050. The molecule has 1 fully saturated rings. The van der Waals surface area contributed by atoms with Gasteiger partial charge in [0.2, 0.25) is 11.8 Å². The van der Waals surface area contributed by atoms with Crippen molar-refractivity contribution in [2.24, 2.45) is 0 Å². The van der Waals surface area contributed by atoms with Crippen LogP contribution in [0.25, 0.3) is 6.08 Å². The average molecular weight is 491 g/mol. The molecule has 3 rings (SSSR count). The van der Waals surface area contributed by atoms with E-state index in [4.69, 9.17) is 0 Å². The second-order valence-electron chi connectivity index (χ2n) is 8.51. The van der Waals surface area contributed by atoms with Crippen molar-refractivity contribution in [3.05, 3.63) is 65.2 Å². The van der Waals surface area contributed by atoms with Gasteiger partial charge in [-0.05, 0) is 54.2 Å². The second kappa shape index (κ2) is 11.6. The van der Waals surface area contributed by atoms with Gasteiger partial charge in [-0.3, -0.25) is 9.59 Å². The number of benzene rings is 2. The van der Waals surface area contributed by atoms with E-state index < -0.39 is 11.7 Å². The third-order valence-corrected chi connectivity index (χ3v) is 6.74. The molecule has 8 heteroatoms. The number of rotatable bonds is 9. The molecule has 1 aliphatic heterocycles. The molecular formula is C26H29F3N2O2S. The normalized spacial score (nSPS) is 14.4. The molecule has 1 aliphatic rings. The summed E-state index contributed by atoms with van der Waals surface area (Å²) in [5.74, 6) is -0.0544. The number of amides is 2. The predicted octanol–water partition coefficient (Wildman–Crippen LogP) is 6.12. The summed E-state index contributed by atoms with van der Waals surface area (Å²) < 4.78 is 41.4. The topological polar surface area (TPSA) is 49.4 Å². The van der Waals surface area contributed by atoms with E-state index in [1.54, 1.807) is 11.0 Å². The van der Waals surface area contributed by atoms with Crippen molar-refractivity contribution in [3.63, 3.8) is 0 Å². The van der Waals surface area contributed by atoms with Crippen LogP contribution < -0.4 is 5.32 Å². The molecule has 0 aromatic heterocycles. The third kappa shape index (κ3) is 7.13. The predicted molar refractivity (Wildman–Crippen MR) is 129 cm³/mol. The van der Waals surface area contributed by atoms with Gasteiger partial charge in [0.25, 0.3) is 0 Å². The molecule has 4 nitrogen and oxygen atoms in total. The molecule has 2 aromatic rings. The minimum Gasteiger partial charge on any atom is -0.352 e. The van der Waals surface area contributed by atoms with Crippen LogP contribution in [0.2, 0.25) is 0 Å². The number of likely N-dealkylation sites (tertiary alicyclic amines) is 1. The van der Waals surface area contributed by atoms with Gasteiger partial charge < -0.3 is 10.2 Å². The number of nitrogens with one attached hydrogen (secondary N) is 1. The Morgan fingerprint density at radius 3 is 2.62 bits per heavy atom. The summed E-state index contributed by atoms with van der Waals surface area (Å²) in [4.78, 5) is 26.3. The maximum atomic E-state index is 13.8. The molecule has 0 bridgehead atoms. The van der Waals surface area contributed by atoms with Gasteiger partial charge in [-0.15, -0.1) is 0 Å². The molecular weight excluding hydrogens is 461 g/mol. The van der Waals surface area contributed by atoms with E-state index in [-0.39, 0.29) is 22.6 Å². The number of hydrogen-bond donors (Lipinski definition) is 1. The van der Waals surface area contributed by atoms with Gasteiger partial charge >= 0.3 is 6.18 Å². The Labute approximate surface area is 202 Å². The van der Waals surface area contributed by atoms with Crippen molar-refractivity contribution in [2.45, 2.75) is 55.0 Å². The van der Waals surface area contributed by atoms with Crippen molar-refractivity contribution in [1.82, 2.24) is 10.2 Å². The van der Waals surface area contributed by atoms with Crippen LogP contribution in [0.1, 0.15) is 55.7 Å². The quantitative estimate of drug-likeness (QED) is 0.340. The van der Waals surface area contributed by atoms with E-state index in [0.717, 1.165) is 41.3 Å². The van der Waals surface area contributed by atoms with Gasteiger partial charge in [-0.1, -0.05) is 49.9 Å². The highest BCUT2D eigenvalue weighted by atomic mass is 32.2. The first-order valence-corrected chi connectivity index (χ1v) is 12.2. The Kier molecular flexibility index (Phi) is 8.83. The van der Waals surface area contributed by atoms with Gasteiger partial charge in [0.05, 0.1) is 5.56 Å². The molecule has 0 spiro atoms. The zero-order chi connectivity index (χ0) is 24.7. The minimum atomic E-state index is -4.52. The largest absolute Gasteiger partial charge is 0.417 e. The van der Waals surface area contributed by atoms with Crippen LogP contribution in [-0.4, -0.2) is 36.3 Å². The molecule has 0 aliphatic carbocycles. The number of halogens is 3. The first-order chi connectivity index (χ1) is 16.1. The standard InChI is InChI=1S/C26H29F3N2O2S/c1-18(2)20-7-3-4-8-22(20)34-23-12-10-19(17-21(23)26(27,28)29)11-13-24(32)30-14-6-16-31-15-5-9-25(31)33/h3-4,7-8,10-13,17-18H,5-6,9,14-16H2,1-2H3,(H,30,32). The fourth-order valence-corrected chi connectivity index (χ4v) is 5.01. The van der Waals surface area contributed by atoms with Gasteiger partial charge in [0, 0.05) is 41.9 Å². The highest BCUT2D eigenvalue weighted by Gasteiger charge is 2.34. The molecule has 2 amide bonds. The van der Waals surface area contributed by atoms with Crippen molar-refractivity contribution in [3.8, 4) is 0 Å². The Balaban J connectivity index is 1.64. The van der Waals surface area contributed by atoms with Crippen molar-refractivity contribution < 1.29 is 22.8 Å². The number of carbonyl (C=O) groups is 2. The highest BCUT2D eigenvalue weighted by molar-refractivity contribution is 7.99. The van der Waals surface area contributed by atoms with Gasteiger partial charge in [-0.25, -0.2) is 0 Å². The smallest absolute Gasteiger partial charge is 0.352 e. The van der Waals surface area contributed by atoms with Crippen LogP contribution in [0.3, 0.4) is 0 Å². The molecule has 0 saturated carbocycles. The zero-order valence-corrected chi connectivity index (χ0v) is 20.1. The fraction of sp³-hybridized carbons (Fsp3) is 0.385. The van der Waals surface area contributed by atoms with E-state index in [9.17, 15) is 22.8 Å². The number of hydrogen-bond acceptors (Lipinski definition) is 3. The molecule has 0 atom stereocenters. The van der Waals surface area contributed by atoms with Crippen molar-refractivity contribution in [1.29, 1.82) is 0 Å². The molecule has 0 radical (unpaired) electrons. The Hall–Kier alpha value is -2.74. The molecule has 34 heavy (non-hydrogen) atoms. The molecule has 0 unspecified atom stereocenters. The molecule has 1 N–H and O–H groups in total. The van der Waals surface area contributed by atoms with Crippen LogP contribution in [0.15, 0.2) is 58.3 Å². The summed E-state index contributed by atoms with van der Waals surface area (Å²) in [7, 11) is 0. The monoisotopic (exact) mass is 490 g/mol. The number of carbonyl (C=O) groups excluding carboxylic acids is 2. The first kappa shape index (κ1) is 25.9. The molecule has 1 heterocycles. The van der Waals surface area contributed by atoms with E-state index in [2.05, 4.69) is 5.32 Å². The molecule has 1 saturated heterocycles.